The lowest BCUT2D eigenvalue weighted by Crippen LogP contribution is -2.49. The van der Waals surface area contributed by atoms with Crippen LogP contribution in [0.4, 0.5) is 0 Å². The average molecular weight is 359 g/mol. The van der Waals surface area contributed by atoms with Crippen LogP contribution in [0.2, 0.25) is 5.02 Å². The molecule has 25 heavy (non-hydrogen) atoms. The monoisotopic (exact) mass is 358 g/mol. The molecule has 0 aliphatic heterocycles. The van der Waals surface area contributed by atoms with Gasteiger partial charge >= 0.3 is 0 Å². The number of nitrogens with zero attached hydrogens (tertiary/aromatic N) is 1. The Bertz CT molecular complexity index is 701. The standard InChI is InChI=1S/C20H23ClN2O2/c1-3-22-20(25)19(13-16-7-5-4-6-8-16)23(15(2)24)14-17-9-11-18(21)12-10-17/h4-12,19H,3,13-14H2,1-2H3,(H,22,25)/t19-/m0/s1. The average Bonchev–Trinajstić information content (AvgIpc) is 2.60. The van der Waals surface area contributed by atoms with Crippen LogP contribution in [0.5, 0.6) is 0 Å². The summed E-state index contributed by atoms with van der Waals surface area (Å²) in [5, 5.41) is 3.48. The summed E-state index contributed by atoms with van der Waals surface area (Å²) in [7, 11) is 0. The predicted octanol–water partition coefficient (Wildman–Crippen LogP) is 3.44. The lowest BCUT2D eigenvalue weighted by Gasteiger charge is -2.30. The zero-order chi connectivity index (χ0) is 18.2. The fourth-order valence-corrected chi connectivity index (χ4v) is 2.83. The molecule has 2 aromatic carbocycles. The molecular formula is C20H23ClN2O2. The summed E-state index contributed by atoms with van der Waals surface area (Å²) >= 11 is 5.93. The molecular weight excluding hydrogens is 336 g/mol. The fraction of sp³-hybridized carbons (Fsp3) is 0.300. The van der Waals surface area contributed by atoms with Crippen LogP contribution in [0.1, 0.15) is 25.0 Å². The van der Waals surface area contributed by atoms with Crippen LogP contribution in [0.25, 0.3) is 0 Å². The number of hydrogen-bond acceptors (Lipinski definition) is 2. The van der Waals surface area contributed by atoms with E-state index in [-0.39, 0.29) is 11.8 Å². The first-order valence-corrected chi connectivity index (χ1v) is 8.72. The predicted molar refractivity (Wildman–Crippen MR) is 100 cm³/mol. The number of hydrogen-bond donors (Lipinski definition) is 1. The zero-order valence-corrected chi connectivity index (χ0v) is 15.3. The maximum atomic E-state index is 12.6. The molecule has 2 rings (SSSR count). The second-order valence-corrected chi connectivity index (χ2v) is 6.31. The van der Waals surface area contributed by atoms with Gasteiger partial charge in [-0.1, -0.05) is 54.1 Å². The maximum absolute atomic E-state index is 12.6. The Hall–Kier alpha value is -2.33. The lowest BCUT2D eigenvalue weighted by molar-refractivity contribution is -0.139. The zero-order valence-electron chi connectivity index (χ0n) is 14.5. The number of likely N-dealkylation sites (N-methyl/N-ethyl adjacent to an activating group) is 1. The Labute approximate surface area is 153 Å². The summed E-state index contributed by atoms with van der Waals surface area (Å²) < 4.78 is 0. The Morgan fingerprint density at radius 1 is 1.04 bits per heavy atom. The molecule has 5 heteroatoms. The second kappa shape index (κ2) is 9.23. The summed E-state index contributed by atoms with van der Waals surface area (Å²) in [6, 6.07) is 16.5. The van der Waals surface area contributed by atoms with Crippen molar-refractivity contribution in [2.24, 2.45) is 0 Å². The van der Waals surface area contributed by atoms with Crippen LogP contribution in [-0.2, 0) is 22.6 Å². The molecule has 0 bridgehead atoms. The van der Waals surface area contributed by atoms with Gasteiger partial charge in [0, 0.05) is 31.5 Å². The third-order valence-electron chi connectivity index (χ3n) is 3.97. The molecule has 0 heterocycles. The van der Waals surface area contributed by atoms with E-state index in [1.165, 1.54) is 6.92 Å². The first kappa shape index (κ1) is 19.0. The molecule has 1 atom stereocenters. The van der Waals surface area contributed by atoms with Crippen molar-refractivity contribution in [3.63, 3.8) is 0 Å². The summed E-state index contributed by atoms with van der Waals surface area (Å²) in [6.07, 6.45) is 0.472. The van der Waals surface area contributed by atoms with E-state index in [1.807, 2.05) is 49.4 Å². The Morgan fingerprint density at radius 2 is 1.68 bits per heavy atom. The third kappa shape index (κ3) is 5.61. The van der Waals surface area contributed by atoms with E-state index in [0.717, 1.165) is 11.1 Å². The van der Waals surface area contributed by atoms with E-state index in [2.05, 4.69) is 5.32 Å². The van der Waals surface area contributed by atoms with Gasteiger partial charge in [0.15, 0.2) is 0 Å². The van der Waals surface area contributed by atoms with Crippen molar-refractivity contribution in [1.29, 1.82) is 0 Å². The van der Waals surface area contributed by atoms with Gasteiger partial charge in [0.2, 0.25) is 11.8 Å². The van der Waals surface area contributed by atoms with Gasteiger partial charge in [-0.15, -0.1) is 0 Å². The molecule has 1 N–H and O–H groups in total. The molecule has 4 nitrogen and oxygen atoms in total. The van der Waals surface area contributed by atoms with Gasteiger partial charge in [0.05, 0.1) is 0 Å². The largest absolute Gasteiger partial charge is 0.355 e. The summed E-state index contributed by atoms with van der Waals surface area (Å²) in [5.74, 6) is -0.280. The first-order valence-electron chi connectivity index (χ1n) is 8.34. The van der Waals surface area contributed by atoms with Crippen LogP contribution in [0, 0.1) is 0 Å². The third-order valence-corrected chi connectivity index (χ3v) is 4.22. The van der Waals surface area contributed by atoms with E-state index in [0.29, 0.717) is 24.5 Å². The van der Waals surface area contributed by atoms with E-state index in [4.69, 9.17) is 11.6 Å². The van der Waals surface area contributed by atoms with Gasteiger partial charge in [-0.25, -0.2) is 0 Å². The quantitative estimate of drug-likeness (QED) is 0.824. The highest BCUT2D eigenvalue weighted by Crippen LogP contribution is 2.16. The molecule has 0 unspecified atom stereocenters. The number of carbonyl (C=O) groups is 2. The van der Waals surface area contributed by atoms with Crippen molar-refractivity contribution in [1.82, 2.24) is 10.2 Å². The Morgan fingerprint density at radius 3 is 2.24 bits per heavy atom. The minimum Gasteiger partial charge on any atom is -0.355 e. The normalized spacial score (nSPS) is 11.6. The van der Waals surface area contributed by atoms with E-state index < -0.39 is 6.04 Å². The maximum Gasteiger partial charge on any atom is 0.243 e. The molecule has 2 aromatic rings. The van der Waals surface area contributed by atoms with Gasteiger partial charge < -0.3 is 10.2 Å². The molecule has 0 saturated heterocycles. The summed E-state index contributed by atoms with van der Waals surface area (Å²) in [5.41, 5.74) is 1.95. The molecule has 0 aliphatic carbocycles. The number of amides is 2. The Kier molecular flexibility index (Phi) is 7.02. The SMILES string of the molecule is CCNC(=O)[C@H](Cc1ccccc1)N(Cc1ccc(Cl)cc1)C(C)=O. The van der Waals surface area contributed by atoms with Crippen molar-refractivity contribution in [3.8, 4) is 0 Å². The van der Waals surface area contributed by atoms with Crippen LogP contribution >= 0.6 is 11.6 Å². The molecule has 0 aromatic heterocycles. The molecule has 0 spiro atoms. The van der Waals surface area contributed by atoms with Gasteiger partial charge in [0.25, 0.3) is 0 Å². The molecule has 0 fully saturated rings. The van der Waals surface area contributed by atoms with E-state index >= 15 is 0 Å². The smallest absolute Gasteiger partial charge is 0.243 e. The van der Waals surface area contributed by atoms with Crippen LogP contribution in [-0.4, -0.2) is 29.3 Å². The van der Waals surface area contributed by atoms with E-state index in [1.54, 1.807) is 17.0 Å². The minimum absolute atomic E-state index is 0.137. The van der Waals surface area contributed by atoms with Crippen molar-refractivity contribution in [2.75, 3.05) is 6.54 Å². The summed E-state index contributed by atoms with van der Waals surface area (Å²) in [6.45, 7) is 4.25. The Balaban J connectivity index is 2.27. The highest BCUT2D eigenvalue weighted by atomic mass is 35.5. The van der Waals surface area contributed by atoms with Crippen LogP contribution in [0.15, 0.2) is 54.6 Å². The molecule has 0 aliphatic rings. The molecule has 0 radical (unpaired) electrons. The van der Waals surface area contributed by atoms with Gasteiger partial charge in [0.1, 0.15) is 6.04 Å². The molecule has 132 valence electrons. The lowest BCUT2D eigenvalue weighted by atomic mass is 10.0. The number of halogens is 1. The minimum atomic E-state index is -0.560. The van der Waals surface area contributed by atoms with E-state index in [9.17, 15) is 9.59 Å². The second-order valence-electron chi connectivity index (χ2n) is 5.87. The number of nitrogens with one attached hydrogen (secondary N) is 1. The number of carbonyl (C=O) groups excluding carboxylic acids is 2. The van der Waals surface area contributed by atoms with Crippen molar-refractivity contribution < 1.29 is 9.59 Å². The highest BCUT2D eigenvalue weighted by molar-refractivity contribution is 6.30. The van der Waals surface area contributed by atoms with Crippen LogP contribution < -0.4 is 5.32 Å². The van der Waals surface area contributed by atoms with Crippen molar-refractivity contribution >= 4 is 23.4 Å². The number of benzene rings is 2. The van der Waals surface area contributed by atoms with Crippen LogP contribution in [0.3, 0.4) is 0 Å². The van der Waals surface area contributed by atoms with Gasteiger partial charge in [-0.3, -0.25) is 9.59 Å². The number of rotatable bonds is 7. The molecule has 0 saturated carbocycles. The molecule has 2 amide bonds. The highest BCUT2D eigenvalue weighted by Gasteiger charge is 2.28. The first-order chi connectivity index (χ1) is 12.0. The van der Waals surface area contributed by atoms with Crippen molar-refractivity contribution in [3.05, 3.63) is 70.7 Å². The fourth-order valence-electron chi connectivity index (χ4n) is 2.70. The van der Waals surface area contributed by atoms with Gasteiger partial charge in [-0.05, 0) is 30.2 Å². The summed E-state index contributed by atoms with van der Waals surface area (Å²) in [4.78, 5) is 26.5. The van der Waals surface area contributed by atoms with Crippen molar-refractivity contribution in [2.45, 2.75) is 32.9 Å². The van der Waals surface area contributed by atoms with Gasteiger partial charge in [-0.2, -0.15) is 0 Å². The topological polar surface area (TPSA) is 49.4 Å².